The van der Waals surface area contributed by atoms with E-state index in [4.69, 9.17) is 6.94 Å². The van der Waals surface area contributed by atoms with Crippen molar-refractivity contribution in [3.05, 3.63) is 0 Å². The number of halogens is 3. The third-order valence-electron chi connectivity index (χ3n) is 0. The Bertz CT molecular complexity index is 29.8. The second-order valence-electron chi connectivity index (χ2n) is 0.0630. The second-order valence-corrected chi connectivity index (χ2v) is 0.516. The number of hydrogen-bond donors (Lipinski definition) is 0. The van der Waals surface area contributed by atoms with E-state index in [0.29, 0.717) is 0 Å². The zero-order valence-electron chi connectivity index (χ0n) is 2.42. The average molecular weight is 461 g/mol. The average Bonchev–Trinajstić information content (AvgIpc) is 0.918. The summed E-state index contributed by atoms with van der Waals surface area (Å²) in [5, 5.41) is 0. The molecule has 0 aromatic carbocycles. The van der Waals surface area contributed by atoms with Gasteiger partial charge in [-0.3, -0.25) is 0 Å². The molecule has 0 aromatic rings. The summed E-state index contributed by atoms with van der Waals surface area (Å²) in [7, 11) is 0. The molecule has 2 nitrogen and oxygen atoms in total. The Morgan fingerprint density at radius 3 is 0.833 bits per heavy atom. The van der Waals surface area contributed by atoms with Gasteiger partial charge in [-0.1, -0.05) is 0 Å². The van der Waals surface area contributed by atoms with Crippen LogP contribution >= 0.6 is 50.9 Å². The van der Waals surface area contributed by atoms with Crippen LogP contribution in [0.1, 0.15) is 0 Å². The molecule has 0 unspecified atom stereocenters. The fraction of sp³-hybridized carbons (Fsp3) is 0. The predicted octanol–water partition coefficient (Wildman–Crippen LogP) is 1.49. The quantitative estimate of drug-likeness (QED) is 0.549. The molecular weight excluding hydrogens is 458 g/mol. The van der Waals surface area contributed by atoms with E-state index in [1.807, 2.05) is 0 Å². The van der Waals surface area contributed by atoms with Crippen molar-refractivity contribution in [3.8, 4) is 0 Å². The fourth-order valence-electron chi connectivity index (χ4n) is 0. The third-order valence-corrected chi connectivity index (χ3v) is 0. The molecule has 0 saturated carbocycles. The first-order chi connectivity index (χ1) is 1.41. The zero-order chi connectivity index (χ0) is 2.71. The van der Waals surface area contributed by atoms with E-state index < -0.39 is 17.9 Å². The Kier molecular flexibility index (Phi) is 126. The van der Waals surface area contributed by atoms with Crippen LogP contribution in [0.4, 0.5) is 0 Å². The number of hydrogen-bond acceptors (Lipinski definition) is 2. The Morgan fingerprint density at radius 1 is 0.833 bits per heavy atom. The molecule has 0 aliphatic carbocycles. The van der Waals surface area contributed by atoms with Gasteiger partial charge in [0.25, 0.3) is 0 Å². The van der Waals surface area contributed by atoms with E-state index in [-0.39, 0.29) is 50.9 Å². The summed E-state index contributed by atoms with van der Waals surface area (Å²) >= 11 is -2.17. The van der Waals surface area contributed by atoms with Crippen molar-refractivity contribution in [2.75, 3.05) is 0 Å². The van der Waals surface area contributed by atoms with Crippen molar-refractivity contribution in [1.82, 2.24) is 0 Å². The van der Waals surface area contributed by atoms with Crippen LogP contribution in [-0.4, -0.2) is 0 Å². The van der Waals surface area contributed by atoms with Crippen LogP contribution in [0.2, 0.25) is 0 Å². The van der Waals surface area contributed by atoms with Gasteiger partial charge in [-0.2, -0.15) is 0 Å². The Balaban J connectivity index is -0.00000000667. The van der Waals surface area contributed by atoms with Gasteiger partial charge in [0.1, 0.15) is 0 Å². The molecule has 0 rings (SSSR count). The summed E-state index contributed by atoms with van der Waals surface area (Å²) in [6.45, 7) is 0. The molecule has 0 heterocycles. The summed E-state index contributed by atoms with van der Waals surface area (Å²) in [6.07, 6.45) is 0. The molecule has 0 aliphatic heterocycles. The first kappa shape index (κ1) is 25.2. The van der Waals surface area contributed by atoms with Gasteiger partial charge in [-0.15, -0.1) is 50.9 Å². The van der Waals surface area contributed by atoms with Crippen molar-refractivity contribution in [3.63, 3.8) is 0 Å². The Morgan fingerprint density at radius 2 is 0.833 bits per heavy atom. The molecule has 0 fully saturated rings. The number of rotatable bonds is 0. The van der Waals surface area contributed by atoms with Gasteiger partial charge in [0.15, 0.2) is 0 Å². The molecule has 0 bridgehead atoms. The maximum absolute atomic E-state index is 8.53. The molecule has 0 saturated heterocycles. The summed E-state index contributed by atoms with van der Waals surface area (Å²) in [4.78, 5) is 0. The zero-order valence-corrected chi connectivity index (χ0v) is 10.3. The summed E-state index contributed by atoms with van der Waals surface area (Å²) < 4.78 is 17.1. The molecule has 0 aromatic heterocycles. The van der Waals surface area contributed by atoms with Crippen molar-refractivity contribution in [2.45, 2.75) is 0 Å². The molecule has 6 heavy (non-hydrogen) atoms. The molecule has 0 aliphatic rings. The van der Waals surface area contributed by atoms with E-state index >= 15 is 0 Å². The van der Waals surface area contributed by atoms with Gasteiger partial charge in [-0.05, 0) is 0 Å². The normalized spacial score (nSPS) is 2.00. The van der Waals surface area contributed by atoms with E-state index in [1.165, 1.54) is 0 Å². The van der Waals surface area contributed by atoms with Crippen LogP contribution in [0.15, 0.2) is 0 Å². The Labute approximate surface area is 75.1 Å². The summed E-state index contributed by atoms with van der Waals surface area (Å²) in [5.41, 5.74) is 0. The molecule has 43 valence electrons. The van der Waals surface area contributed by atoms with E-state index in [2.05, 4.69) is 0 Å². The van der Waals surface area contributed by atoms with Crippen molar-refractivity contribution < 1.29 is 24.8 Å². The van der Waals surface area contributed by atoms with Gasteiger partial charge in [0.2, 0.25) is 0 Å². The van der Waals surface area contributed by atoms with Crippen LogP contribution in [0, 0.1) is 0 Å². The molecule has 0 radical (unpaired) electrons. The standard InChI is InChI=1S/3BrH.2O.Re/h3*1H;;;. The van der Waals surface area contributed by atoms with Crippen LogP contribution in [0.25, 0.3) is 0 Å². The van der Waals surface area contributed by atoms with Crippen LogP contribution in [-0.2, 0) is 24.8 Å². The minimum atomic E-state index is -2.17. The van der Waals surface area contributed by atoms with Crippen LogP contribution < -0.4 is 0 Å². The predicted molar refractivity (Wildman–Crippen MR) is 32.3 cm³/mol. The second kappa shape index (κ2) is 29.8. The molecule has 0 atom stereocenters. The van der Waals surface area contributed by atoms with Gasteiger partial charge in [0.05, 0.1) is 0 Å². The minimum absolute atomic E-state index is 0. The first-order valence-electron chi connectivity index (χ1n) is 0.309. The first-order valence-corrected chi connectivity index (χ1v) is 2.53. The maximum atomic E-state index is 8.53. The van der Waals surface area contributed by atoms with E-state index in [9.17, 15) is 0 Å². The SMILES string of the molecule is Br.Br.Br.[O]=[Re]=[O]. The van der Waals surface area contributed by atoms with Crippen LogP contribution in [0.3, 0.4) is 0 Å². The molecule has 6 heteroatoms. The van der Waals surface area contributed by atoms with Gasteiger partial charge < -0.3 is 0 Å². The molecular formula is H3Br3O2Re. The third kappa shape index (κ3) is 43.5. The van der Waals surface area contributed by atoms with Crippen molar-refractivity contribution >= 4 is 50.9 Å². The molecule has 0 amide bonds. The monoisotopic (exact) mass is 459 g/mol. The van der Waals surface area contributed by atoms with Gasteiger partial charge >= 0.3 is 24.8 Å². The van der Waals surface area contributed by atoms with Crippen molar-refractivity contribution in [2.24, 2.45) is 0 Å². The van der Waals surface area contributed by atoms with Crippen molar-refractivity contribution in [1.29, 1.82) is 0 Å². The summed E-state index contributed by atoms with van der Waals surface area (Å²) in [5.74, 6) is 0. The summed E-state index contributed by atoms with van der Waals surface area (Å²) in [6, 6.07) is 0. The molecule has 0 spiro atoms. The Hall–Kier alpha value is 1.70. The molecule has 0 N–H and O–H groups in total. The van der Waals surface area contributed by atoms with Gasteiger partial charge in [0, 0.05) is 0 Å². The van der Waals surface area contributed by atoms with Gasteiger partial charge in [-0.25, -0.2) is 0 Å². The van der Waals surface area contributed by atoms with Crippen LogP contribution in [0.5, 0.6) is 0 Å². The van der Waals surface area contributed by atoms with E-state index in [1.54, 1.807) is 0 Å². The fourth-order valence-corrected chi connectivity index (χ4v) is 0. The topological polar surface area (TPSA) is 34.1 Å². The van der Waals surface area contributed by atoms with E-state index in [0.717, 1.165) is 0 Å².